The lowest BCUT2D eigenvalue weighted by Crippen LogP contribution is -2.03. The molecule has 1 saturated heterocycles. The molecule has 0 amide bonds. The minimum absolute atomic E-state index is 0.328. The van der Waals surface area contributed by atoms with E-state index in [1.54, 1.807) is 0 Å². The second-order valence-electron chi connectivity index (χ2n) is 8.60. The first-order valence-electron chi connectivity index (χ1n) is 12.4. The zero-order valence-corrected chi connectivity index (χ0v) is 18.9. The Morgan fingerprint density at radius 1 is 0.793 bits per heavy atom. The van der Waals surface area contributed by atoms with E-state index < -0.39 is 0 Å². The minimum Gasteiger partial charge on any atom is -0.491 e. The van der Waals surface area contributed by atoms with Crippen molar-refractivity contribution in [3.05, 3.63) is 42.0 Å². The molecule has 1 aromatic carbocycles. The average Bonchev–Trinajstić information content (AvgIpc) is 3.57. The third-order valence-electron chi connectivity index (χ3n) is 5.74. The lowest BCUT2D eigenvalue weighted by molar-refractivity contribution is 0.263. The highest BCUT2D eigenvalue weighted by Crippen LogP contribution is 2.17. The number of aryl methyl sites for hydroxylation is 1. The summed E-state index contributed by atoms with van der Waals surface area (Å²) in [4.78, 5) is 0. The quantitative estimate of drug-likeness (QED) is 0.133. The van der Waals surface area contributed by atoms with Gasteiger partial charge in [-0.3, -0.25) is 0 Å². The second-order valence-corrected chi connectivity index (χ2v) is 8.60. The molecule has 1 fully saturated rings. The molecule has 0 aliphatic carbocycles. The van der Waals surface area contributed by atoms with Crippen LogP contribution in [-0.2, 0) is 11.2 Å². The minimum atomic E-state index is 0.328. The van der Waals surface area contributed by atoms with Gasteiger partial charge in [-0.05, 0) is 56.2 Å². The van der Waals surface area contributed by atoms with Crippen LogP contribution in [0.5, 0.6) is 5.75 Å². The summed E-state index contributed by atoms with van der Waals surface area (Å²) in [5.74, 6) is 0.960. The van der Waals surface area contributed by atoms with Crippen molar-refractivity contribution in [1.82, 2.24) is 0 Å². The van der Waals surface area contributed by atoms with Crippen LogP contribution in [0.15, 0.2) is 36.4 Å². The Bertz CT molecular complexity index is 516. The molecule has 0 radical (unpaired) electrons. The van der Waals surface area contributed by atoms with Crippen molar-refractivity contribution in [3.8, 4) is 5.75 Å². The van der Waals surface area contributed by atoms with Crippen molar-refractivity contribution in [2.75, 3.05) is 13.2 Å². The van der Waals surface area contributed by atoms with Gasteiger partial charge >= 0.3 is 0 Å². The van der Waals surface area contributed by atoms with Crippen LogP contribution in [0, 0.1) is 0 Å². The normalized spacial score (nSPS) is 15.8. The van der Waals surface area contributed by atoms with Crippen LogP contribution in [-0.4, -0.2) is 19.3 Å². The Balaban J connectivity index is 1.33. The van der Waals surface area contributed by atoms with Gasteiger partial charge in [-0.1, -0.05) is 89.0 Å². The van der Waals surface area contributed by atoms with Gasteiger partial charge in [0.2, 0.25) is 0 Å². The summed E-state index contributed by atoms with van der Waals surface area (Å²) in [6.45, 7) is 3.83. The fraction of sp³-hybridized carbons (Fsp3) is 0.704. The van der Waals surface area contributed by atoms with E-state index in [0.29, 0.717) is 12.7 Å². The molecule has 1 unspecified atom stereocenters. The number of rotatable bonds is 19. The van der Waals surface area contributed by atoms with Gasteiger partial charge in [0.15, 0.2) is 0 Å². The fourth-order valence-corrected chi connectivity index (χ4v) is 3.68. The molecule has 0 aromatic heterocycles. The van der Waals surface area contributed by atoms with E-state index in [-0.39, 0.29) is 0 Å². The lowest BCUT2D eigenvalue weighted by Gasteiger charge is -2.06. The molecule has 29 heavy (non-hydrogen) atoms. The fourth-order valence-electron chi connectivity index (χ4n) is 3.68. The number of unbranched alkanes of at least 4 members (excludes halogenated alkanes) is 12. The summed E-state index contributed by atoms with van der Waals surface area (Å²) in [6, 6.07) is 8.59. The van der Waals surface area contributed by atoms with Gasteiger partial charge in [-0.2, -0.15) is 0 Å². The number of epoxide rings is 1. The molecule has 1 atom stereocenters. The Morgan fingerprint density at radius 3 is 1.93 bits per heavy atom. The monoisotopic (exact) mass is 400 g/mol. The summed E-state index contributed by atoms with van der Waals surface area (Å²) < 4.78 is 10.9. The highest BCUT2D eigenvalue weighted by Gasteiger charge is 2.22. The van der Waals surface area contributed by atoms with Gasteiger partial charge in [0, 0.05) is 0 Å². The van der Waals surface area contributed by atoms with Crippen LogP contribution in [0.3, 0.4) is 0 Å². The molecular formula is C27H44O2. The maximum absolute atomic E-state index is 5.69. The number of benzene rings is 1. The molecule has 1 aliphatic rings. The van der Waals surface area contributed by atoms with Gasteiger partial charge in [-0.15, -0.1) is 0 Å². The Hall–Kier alpha value is -1.28. The van der Waals surface area contributed by atoms with Gasteiger partial charge in [0.1, 0.15) is 18.5 Å². The number of hydrogen-bond acceptors (Lipinski definition) is 2. The van der Waals surface area contributed by atoms with Crippen LogP contribution < -0.4 is 4.74 Å². The first-order valence-corrected chi connectivity index (χ1v) is 12.4. The summed E-state index contributed by atoms with van der Waals surface area (Å²) in [7, 11) is 0. The molecule has 1 aromatic rings. The van der Waals surface area contributed by atoms with E-state index in [4.69, 9.17) is 9.47 Å². The van der Waals surface area contributed by atoms with Crippen LogP contribution in [0.1, 0.15) is 102 Å². The van der Waals surface area contributed by atoms with Crippen molar-refractivity contribution in [2.45, 2.75) is 109 Å². The van der Waals surface area contributed by atoms with Crippen molar-refractivity contribution >= 4 is 0 Å². The smallest absolute Gasteiger partial charge is 0.119 e. The van der Waals surface area contributed by atoms with Crippen molar-refractivity contribution in [1.29, 1.82) is 0 Å². The van der Waals surface area contributed by atoms with Gasteiger partial charge in [0.05, 0.1) is 6.61 Å². The first-order chi connectivity index (χ1) is 14.4. The van der Waals surface area contributed by atoms with Gasteiger partial charge < -0.3 is 9.47 Å². The summed E-state index contributed by atoms with van der Waals surface area (Å²) in [5, 5.41) is 0. The maximum Gasteiger partial charge on any atom is 0.119 e. The molecular weight excluding hydrogens is 356 g/mol. The van der Waals surface area contributed by atoms with Crippen LogP contribution in [0.4, 0.5) is 0 Å². The lowest BCUT2D eigenvalue weighted by atomic mass is 10.1. The SMILES string of the molecule is CCCCCCCCCCC/C=C/CCCCCc1ccc(OCC2CO2)cc1. The van der Waals surface area contributed by atoms with Crippen molar-refractivity contribution in [2.24, 2.45) is 0 Å². The molecule has 164 valence electrons. The summed E-state index contributed by atoms with van der Waals surface area (Å²) >= 11 is 0. The van der Waals surface area contributed by atoms with E-state index in [0.717, 1.165) is 12.4 Å². The predicted octanol–water partition coefficient (Wildman–Crippen LogP) is 8.04. The topological polar surface area (TPSA) is 21.8 Å². The molecule has 0 spiro atoms. The highest BCUT2D eigenvalue weighted by molar-refractivity contribution is 5.27. The first kappa shape index (κ1) is 24.0. The van der Waals surface area contributed by atoms with E-state index in [1.807, 2.05) is 0 Å². The van der Waals surface area contributed by atoms with Gasteiger partial charge in [-0.25, -0.2) is 0 Å². The average molecular weight is 401 g/mol. The third-order valence-corrected chi connectivity index (χ3v) is 5.74. The predicted molar refractivity (Wildman–Crippen MR) is 125 cm³/mol. The molecule has 1 heterocycles. The largest absolute Gasteiger partial charge is 0.491 e. The number of ether oxygens (including phenoxy) is 2. The van der Waals surface area contributed by atoms with Gasteiger partial charge in [0.25, 0.3) is 0 Å². The third kappa shape index (κ3) is 13.5. The molecule has 2 rings (SSSR count). The second kappa shape index (κ2) is 16.5. The van der Waals surface area contributed by atoms with E-state index >= 15 is 0 Å². The highest BCUT2D eigenvalue weighted by atomic mass is 16.6. The van der Waals surface area contributed by atoms with Crippen LogP contribution >= 0.6 is 0 Å². The summed E-state index contributed by atoms with van der Waals surface area (Å²) in [6.07, 6.45) is 25.5. The Morgan fingerprint density at radius 2 is 1.34 bits per heavy atom. The molecule has 0 bridgehead atoms. The van der Waals surface area contributed by atoms with Crippen LogP contribution in [0.2, 0.25) is 0 Å². The zero-order valence-electron chi connectivity index (χ0n) is 18.9. The van der Waals surface area contributed by atoms with E-state index in [2.05, 4.69) is 43.3 Å². The molecule has 1 aliphatic heterocycles. The molecule has 0 saturated carbocycles. The van der Waals surface area contributed by atoms with E-state index in [1.165, 1.54) is 102 Å². The Kier molecular flexibility index (Phi) is 13.7. The standard InChI is InChI=1S/C27H44O2/c1-2-3-4-5-6-7-8-9-10-11-12-13-14-15-16-17-18-25-19-21-26(22-20-25)28-23-27-24-29-27/h12-13,19-22,27H,2-11,14-18,23-24H2,1H3/b13-12+. The number of allylic oxidation sites excluding steroid dienone is 2. The molecule has 0 N–H and O–H groups in total. The van der Waals surface area contributed by atoms with E-state index in [9.17, 15) is 0 Å². The number of hydrogen-bond donors (Lipinski definition) is 0. The Labute approximate surface area is 180 Å². The molecule has 2 nitrogen and oxygen atoms in total. The maximum atomic E-state index is 5.69. The zero-order chi connectivity index (χ0) is 20.4. The summed E-state index contributed by atoms with van der Waals surface area (Å²) in [5.41, 5.74) is 1.42. The van der Waals surface area contributed by atoms with Crippen molar-refractivity contribution < 1.29 is 9.47 Å². The van der Waals surface area contributed by atoms with Crippen LogP contribution in [0.25, 0.3) is 0 Å². The van der Waals surface area contributed by atoms with Crippen molar-refractivity contribution in [3.63, 3.8) is 0 Å². The molecule has 2 heteroatoms.